The number of ether oxygens (including phenoxy) is 1. The lowest BCUT2D eigenvalue weighted by Gasteiger charge is -2.14. The topological polar surface area (TPSA) is 52.3 Å². The second-order valence-corrected chi connectivity index (χ2v) is 2.43. The summed E-state index contributed by atoms with van der Waals surface area (Å²) >= 11 is 0. The van der Waals surface area contributed by atoms with Crippen molar-refractivity contribution < 1.29 is 21.9 Å². The Balaban J connectivity index is 0. The first-order valence-electron chi connectivity index (χ1n) is 3.46. The fourth-order valence-electron chi connectivity index (χ4n) is 0.622. The van der Waals surface area contributed by atoms with E-state index in [0.717, 1.165) is 6.42 Å². The molecule has 0 aliphatic carbocycles. The van der Waals surface area contributed by atoms with Crippen molar-refractivity contribution in [2.75, 3.05) is 7.11 Å². The van der Waals surface area contributed by atoms with Gasteiger partial charge in [0, 0.05) is 0 Å². The van der Waals surface area contributed by atoms with Crippen LogP contribution in [-0.4, -0.2) is 19.1 Å². The van der Waals surface area contributed by atoms with Gasteiger partial charge in [-0.05, 0) is 5.92 Å². The van der Waals surface area contributed by atoms with Crippen molar-refractivity contribution in [3.05, 3.63) is 0 Å². The van der Waals surface area contributed by atoms with Crippen LogP contribution in [0.3, 0.4) is 0 Å². The highest BCUT2D eigenvalue weighted by molar-refractivity contribution is 5.75. The van der Waals surface area contributed by atoms with Crippen LogP contribution in [0.25, 0.3) is 0 Å². The van der Waals surface area contributed by atoms with Crippen molar-refractivity contribution in [2.24, 2.45) is 11.7 Å². The molecule has 0 aliphatic heterocycles. The number of carbonyl (C=O) groups is 1. The van der Waals surface area contributed by atoms with Gasteiger partial charge in [-0.1, -0.05) is 20.3 Å². The van der Waals surface area contributed by atoms with Crippen molar-refractivity contribution in [1.82, 2.24) is 0 Å². The molecule has 2 atom stereocenters. The zero-order valence-electron chi connectivity index (χ0n) is 7.13. The standard InChI is InChI=1S/C7H15NO2.ClH/c1-4-5(2)6(8)7(9)10-3;/h5-6H,4,8H2,1-3H3;1H/p-1. The molecule has 11 heavy (non-hydrogen) atoms. The Morgan fingerprint density at radius 1 is 1.64 bits per heavy atom. The fourth-order valence-corrected chi connectivity index (χ4v) is 0.622. The van der Waals surface area contributed by atoms with Gasteiger partial charge in [0.1, 0.15) is 6.04 Å². The Bertz CT molecular complexity index is 119. The minimum absolute atomic E-state index is 0. The molecule has 0 aromatic rings. The van der Waals surface area contributed by atoms with Gasteiger partial charge in [0.2, 0.25) is 0 Å². The van der Waals surface area contributed by atoms with Gasteiger partial charge >= 0.3 is 5.97 Å². The van der Waals surface area contributed by atoms with Crippen LogP contribution in [0.15, 0.2) is 0 Å². The average molecular weight is 181 g/mol. The molecule has 0 aromatic carbocycles. The van der Waals surface area contributed by atoms with Crippen LogP contribution >= 0.6 is 0 Å². The average Bonchev–Trinajstić information content (AvgIpc) is 2.00. The highest BCUT2D eigenvalue weighted by Gasteiger charge is 2.19. The van der Waals surface area contributed by atoms with Crippen LogP contribution in [0, 0.1) is 5.92 Å². The van der Waals surface area contributed by atoms with Crippen molar-refractivity contribution in [1.29, 1.82) is 0 Å². The summed E-state index contributed by atoms with van der Waals surface area (Å²) in [4.78, 5) is 10.8. The maximum absolute atomic E-state index is 10.8. The maximum Gasteiger partial charge on any atom is 0.322 e. The van der Waals surface area contributed by atoms with Gasteiger partial charge in [0.15, 0.2) is 0 Å². The quantitative estimate of drug-likeness (QED) is 0.490. The van der Waals surface area contributed by atoms with Gasteiger partial charge in [-0.25, -0.2) is 0 Å². The second-order valence-electron chi connectivity index (χ2n) is 2.43. The van der Waals surface area contributed by atoms with Crippen LogP contribution in [0.1, 0.15) is 20.3 Å². The molecular formula is C7H15ClNO2-. The first-order chi connectivity index (χ1) is 4.63. The van der Waals surface area contributed by atoms with Gasteiger partial charge in [-0.3, -0.25) is 4.79 Å². The van der Waals surface area contributed by atoms with E-state index in [2.05, 4.69) is 4.74 Å². The van der Waals surface area contributed by atoms with Crippen LogP contribution in [0.4, 0.5) is 0 Å². The summed E-state index contributed by atoms with van der Waals surface area (Å²) in [6.45, 7) is 3.93. The lowest BCUT2D eigenvalue weighted by Crippen LogP contribution is -3.00. The van der Waals surface area contributed by atoms with Crippen molar-refractivity contribution in [3.8, 4) is 0 Å². The van der Waals surface area contributed by atoms with E-state index in [1.54, 1.807) is 0 Å². The molecule has 0 radical (unpaired) electrons. The Labute approximate surface area is 73.7 Å². The highest BCUT2D eigenvalue weighted by atomic mass is 35.5. The summed E-state index contributed by atoms with van der Waals surface area (Å²) in [6.07, 6.45) is 0.899. The third kappa shape index (κ3) is 4.22. The van der Waals surface area contributed by atoms with Gasteiger partial charge in [0.05, 0.1) is 7.11 Å². The Hall–Kier alpha value is -0.280. The molecule has 0 heterocycles. The van der Waals surface area contributed by atoms with Crippen LogP contribution < -0.4 is 18.1 Å². The fraction of sp³-hybridized carbons (Fsp3) is 0.857. The summed E-state index contributed by atoms with van der Waals surface area (Å²) < 4.78 is 4.47. The molecule has 0 saturated carbocycles. The molecular weight excluding hydrogens is 166 g/mol. The van der Waals surface area contributed by atoms with Gasteiger partial charge in [0.25, 0.3) is 0 Å². The van der Waals surface area contributed by atoms with E-state index in [1.165, 1.54) is 7.11 Å². The predicted molar refractivity (Wildman–Crippen MR) is 39.4 cm³/mol. The monoisotopic (exact) mass is 180 g/mol. The van der Waals surface area contributed by atoms with Crippen LogP contribution in [0.2, 0.25) is 0 Å². The number of esters is 1. The first kappa shape index (κ1) is 13.3. The normalized spacial score (nSPS) is 14.5. The largest absolute Gasteiger partial charge is 1.00 e. The third-order valence-electron chi connectivity index (χ3n) is 1.73. The molecule has 0 saturated heterocycles. The summed E-state index contributed by atoms with van der Waals surface area (Å²) in [5.74, 6) is -0.123. The summed E-state index contributed by atoms with van der Waals surface area (Å²) in [5.41, 5.74) is 5.51. The van der Waals surface area contributed by atoms with E-state index in [0.29, 0.717) is 0 Å². The third-order valence-corrected chi connectivity index (χ3v) is 1.73. The number of carbonyl (C=O) groups excluding carboxylic acids is 1. The molecule has 3 nitrogen and oxygen atoms in total. The minimum Gasteiger partial charge on any atom is -1.00 e. The minimum atomic E-state index is -0.463. The number of halogens is 1. The SMILES string of the molecule is CCC(C)C(N)C(=O)OC.[Cl-]. The Morgan fingerprint density at radius 2 is 2.09 bits per heavy atom. The lowest BCUT2D eigenvalue weighted by molar-refractivity contribution is -0.143. The molecule has 0 rings (SSSR count). The van der Waals surface area contributed by atoms with E-state index in [-0.39, 0.29) is 24.3 Å². The molecule has 4 heteroatoms. The van der Waals surface area contributed by atoms with Gasteiger partial charge in [-0.2, -0.15) is 0 Å². The number of hydrogen-bond donors (Lipinski definition) is 1. The first-order valence-corrected chi connectivity index (χ1v) is 3.46. The smallest absolute Gasteiger partial charge is 0.322 e. The zero-order chi connectivity index (χ0) is 8.15. The second kappa shape index (κ2) is 6.43. The van der Waals surface area contributed by atoms with E-state index < -0.39 is 6.04 Å². The van der Waals surface area contributed by atoms with Crippen LogP contribution in [-0.2, 0) is 9.53 Å². The van der Waals surface area contributed by atoms with Gasteiger partial charge in [-0.15, -0.1) is 0 Å². The number of methoxy groups -OCH3 is 1. The van der Waals surface area contributed by atoms with Crippen LogP contribution in [0.5, 0.6) is 0 Å². The van der Waals surface area contributed by atoms with E-state index in [1.807, 2.05) is 13.8 Å². The highest BCUT2D eigenvalue weighted by Crippen LogP contribution is 2.05. The zero-order valence-corrected chi connectivity index (χ0v) is 7.89. The number of nitrogens with two attached hydrogens (primary N) is 1. The summed E-state index contributed by atoms with van der Waals surface area (Å²) in [7, 11) is 1.35. The summed E-state index contributed by atoms with van der Waals surface area (Å²) in [5, 5.41) is 0. The van der Waals surface area contributed by atoms with Gasteiger partial charge < -0.3 is 22.9 Å². The molecule has 0 bridgehead atoms. The maximum atomic E-state index is 10.8. The van der Waals surface area contributed by atoms with E-state index in [9.17, 15) is 4.79 Å². The molecule has 2 unspecified atom stereocenters. The van der Waals surface area contributed by atoms with Crippen molar-refractivity contribution in [2.45, 2.75) is 26.3 Å². The number of hydrogen-bond acceptors (Lipinski definition) is 3. The predicted octanol–water partition coefficient (Wildman–Crippen LogP) is -2.46. The number of rotatable bonds is 3. The molecule has 0 amide bonds. The Kier molecular flexibility index (Phi) is 7.79. The molecule has 0 aliphatic rings. The molecule has 0 spiro atoms. The molecule has 2 N–H and O–H groups in total. The summed E-state index contributed by atoms with van der Waals surface area (Å²) in [6, 6.07) is -0.463. The lowest BCUT2D eigenvalue weighted by atomic mass is 10.0. The Morgan fingerprint density at radius 3 is 2.36 bits per heavy atom. The molecule has 0 aromatic heterocycles. The molecule has 0 fully saturated rings. The van der Waals surface area contributed by atoms with E-state index in [4.69, 9.17) is 5.73 Å². The van der Waals surface area contributed by atoms with Crippen molar-refractivity contribution >= 4 is 5.97 Å². The van der Waals surface area contributed by atoms with Crippen molar-refractivity contribution in [3.63, 3.8) is 0 Å². The molecule has 68 valence electrons. The van der Waals surface area contributed by atoms with E-state index >= 15 is 0 Å².